The molecule has 0 aromatic heterocycles. The van der Waals surface area contributed by atoms with Crippen molar-refractivity contribution < 1.29 is 14.2 Å². The summed E-state index contributed by atoms with van der Waals surface area (Å²) in [6.07, 6.45) is 1.96. The first-order valence-electron chi connectivity index (χ1n) is 9.91. The molecule has 1 aromatic rings. The lowest BCUT2D eigenvalue weighted by Gasteiger charge is -2.26. The van der Waals surface area contributed by atoms with Gasteiger partial charge in [-0.1, -0.05) is 6.07 Å². The molecule has 7 nitrogen and oxygen atoms in total. The third-order valence-corrected chi connectivity index (χ3v) is 4.27. The lowest BCUT2D eigenvalue weighted by atomic mass is 10.3. The zero-order valence-corrected chi connectivity index (χ0v) is 16.7. The molecule has 0 saturated carbocycles. The number of nitrogens with one attached hydrogen (secondary N) is 2. The van der Waals surface area contributed by atoms with Gasteiger partial charge in [0.2, 0.25) is 0 Å². The van der Waals surface area contributed by atoms with Gasteiger partial charge in [-0.15, -0.1) is 0 Å². The predicted molar refractivity (Wildman–Crippen MR) is 109 cm³/mol. The number of hydrogen-bond acceptors (Lipinski definition) is 5. The molecule has 2 N–H and O–H groups in total. The second-order valence-corrected chi connectivity index (χ2v) is 6.38. The topological polar surface area (TPSA) is 67.4 Å². The minimum Gasteiger partial charge on any atom is -0.497 e. The quantitative estimate of drug-likeness (QED) is 0.347. The van der Waals surface area contributed by atoms with Crippen molar-refractivity contribution in [3.05, 3.63) is 24.3 Å². The highest BCUT2D eigenvalue weighted by Crippen LogP contribution is 2.18. The van der Waals surface area contributed by atoms with Crippen LogP contribution in [0, 0.1) is 0 Å². The average molecular weight is 379 g/mol. The molecule has 0 radical (unpaired) electrons. The standard InChI is InChI=1S/C20H34N4O3/c1-3-21-20(22-9-5-11-24-12-15-26-16-13-24)23-10-6-14-27-19-8-4-7-18(17-19)25-2/h4,7-8,17H,3,5-6,9-16H2,1-2H3,(H2,21,22,23). The van der Waals surface area contributed by atoms with Gasteiger partial charge in [-0.3, -0.25) is 9.89 Å². The van der Waals surface area contributed by atoms with Crippen LogP contribution in [0.15, 0.2) is 29.3 Å². The Labute approximate surface area is 163 Å². The summed E-state index contributed by atoms with van der Waals surface area (Å²) in [7, 11) is 1.66. The fourth-order valence-corrected chi connectivity index (χ4v) is 2.81. The van der Waals surface area contributed by atoms with Gasteiger partial charge in [-0.25, -0.2) is 0 Å². The maximum atomic E-state index is 5.75. The van der Waals surface area contributed by atoms with Gasteiger partial charge in [0.05, 0.1) is 26.9 Å². The van der Waals surface area contributed by atoms with Crippen molar-refractivity contribution >= 4 is 5.96 Å². The van der Waals surface area contributed by atoms with Gasteiger partial charge in [0, 0.05) is 45.2 Å². The smallest absolute Gasteiger partial charge is 0.191 e. The van der Waals surface area contributed by atoms with E-state index < -0.39 is 0 Å². The maximum Gasteiger partial charge on any atom is 0.191 e. The SMILES string of the molecule is CCNC(=NCCCOc1cccc(OC)c1)NCCCN1CCOCC1. The van der Waals surface area contributed by atoms with Crippen molar-refractivity contribution in [1.29, 1.82) is 0 Å². The normalized spacial score (nSPS) is 15.4. The number of nitrogens with zero attached hydrogens (tertiary/aromatic N) is 2. The van der Waals surface area contributed by atoms with Crippen molar-refractivity contribution in [3.8, 4) is 11.5 Å². The van der Waals surface area contributed by atoms with Gasteiger partial charge in [0.25, 0.3) is 0 Å². The van der Waals surface area contributed by atoms with E-state index in [9.17, 15) is 0 Å². The summed E-state index contributed by atoms with van der Waals surface area (Å²) in [6, 6.07) is 7.66. The zero-order chi connectivity index (χ0) is 19.2. The predicted octanol–water partition coefficient (Wildman–Crippen LogP) is 1.74. The van der Waals surface area contributed by atoms with E-state index in [0.29, 0.717) is 6.61 Å². The molecule has 152 valence electrons. The van der Waals surface area contributed by atoms with Crippen LogP contribution in [-0.4, -0.2) is 77.1 Å². The largest absolute Gasteiger partial charge is 0.497 e. The maximum absolute atomic E-state index is 5.75. The summed E-state index contributed by atoms with van der Waals surface area (Å²) in [5, 5.41) is 6.70. The van der Waals surface area contributed by atoms with Gasteiger partial charge in [-0.2, -0.15) is 0 Å². The second-order valence-electron chi connectivity index (χ2n) is 6.38. The highest BCUT2D eigenvalue weighted by Gasteiger charge is 2.09. The minimum absolute atomic E-state index is 0.632. The van der Waals surface area contributed by atoms with Crippen LogP contribution in [0.2, 0.25) is 0 Å². The summed E-state index contributed by atoms with van der Waals surface area (Å²) in [4.78, 5) is 7.07. The van der Waals surface area contributed by atoms with E-state index in [0.717, 1.165) is 82.8 Å². The van der Waals surface area contributed by atoms with Gasteiger partial charge in [0.15, 0.2) is 5.96 Å². The van der Waals surface area contributed by atoms with Gasteiger partial charge in [-0.05, 0) is 32.0 Å². The molecule has 0 bridgehead atoms. The van der Waals surface area contributed by atoms with Crippen LogP contribution in [0.5, 0.6) is 11.5 Å². The Morgan fingerprint density at radius 1 is 1.19 bits per heavy atom. The first kappa shape index (κ1) is 21.3. The second kappa shape index (κ2) is 13.2. The summed E-state index contributed by atoms with van der Waals surface area (Å²) < 4.78 is 16.3. The molecule has 1 aromatic carbocycles. The van der Waals surface area contributed by atoms with Crippen molar-refractivity contribution in [2.45, 2.75) is 19.8 Å². The highest BCUT2D eigenvalue weighted by atomic mass is 16.5. The first-order valence-corrected chi connectivity index (χ1v) is 9.91. The Morgan fingerprint density at radius 2 is 2.00 bits per heavy atom. The van der Waals surface area contributed by atoms with E-state index in [-0.39, 0.29) is 0 Å². The van der Waals surface area contributed by atoms with Crippen LogP contribution in [0.1, 0.15) is 19.8 Å². The highest BCUT2D eigenvalue weighted by molar-refractivity contribution is 5.79. The van der Waals surface area contributed by atoms with Gasteiger partial charge >= 0.3 is 0 Å². The number of ether oxygens (including phenoxy) is 3. The third kappa shape index (κ3) is 8.97. The summed E-state index contributed by atoms with van der Waals surface area (Å²) in [5.41, 5.74) is 0. The summed E-state index contributed by atoms with van der Waals surface area (Å²) >= 11 is 0. The number of rotatable bonds is 11. The fourth-order valence-electron chi connectivity index (χ4n) is 2.81. The molecule has 1 saturated heterocycles. The van der Waals surface area contributed by atoms with Crippen LogP contribution in [0.3, 0.4) is 0 Å². The molecule has 1 aliphatic rings. The Kier molecular flexibility index (Phi) is 10.4. The van der Waals surface area contributed by atoms with Crippen molar-refractivity contribution in [2.75, 3.05) is 66.2 Å². The lowest BCUT2D eigenvalue weighted by molar-refractivity contribution is 0.0376. The Balaban J connectivity index is 1.60. The molecule has 1 aliphatic heterocycles. The zero-order valence-electron chi connectivity index (χ0n) is 16.7. The fraction of sp³-hybridized carbons (Fsp3) is 0.650. The van der Waals surface area contributed by atoms with Crippen LogP contribution in [-0.2, 0) is 4.74 Å². The van der Waals surface area contributed by atoms with E-state index in [2.05, 4.69) is 27.4 Å². The molecule has 1 fully saturated rings. The monoisotopic (exact) mass is 378 g/mol. The molecule has 2 rings (SSSR count). The Hall–Kier alpha value is -1.99. The number of hydrogen-bond donors (Lipinski definition) is 2. The first-order chi connectivity index (χ1) is 13.3. The van der Waals surface area contributed by atoms with Crippen LogP contribution >= 0.6 is 0 Å². The van der Waals surface area contributed by atoms with Crippen LogP contribution in [0.4, 0.5) is 0 Å². The van der Waals surface area contributed by atoms with Gasteiger partial charge < -0.3 is 24.8 Å². The van der Waals surface area contributed by atoms with E-state index in [4.69, 9.17) is 14.2 Å². The number of aliphatic imine (C=N–C) groups is 1. The molecule has 1 heterocycles. The molecule has 0 atom stereocenters. The summed E-state index contributed by atoms with van der Waals surface area (Å²) in [6.45, 7) is 10.1. The third-order valence-electron chi connectivity index (χ3n) is 4.27. The average Bonchev–Trinajstić information content (AvgIpc) is 2.71. The number of guanidine groups is 1. The number of methoxy groups -OCH3 is 1. The Morgan fingerprint density at radius 3 is 2.78 bits per heavy atom. The van der Waals surface area contributed by atoms with Crippen molar-refractivity contribution in [1.82, 2.24) is 15.5 Å². The van der Waals surface area contributed by atoms with E-state index in [1.807, 2.05) is 24.3 Å². The van der Waals surface area contributed by atoms with E-state index >= 15 is 0 Å². The molecular weight excluding hydrogens is 344 g/mol. The Bertz CT molecular complexity index is 548. The summed E-state index contributed by atoms with van der Waals surface area (Å²) in [5.74, 6) is 2.51. The van der Waals surface area contributed by atoms with Crippen molar-refractivity contribution in [2.24, 2.45) is 4.99 Å². The number of morpholine rings is 1. The van der Waals surface area contributed by atoms with E-state index in [1.54, 1.807) is 7.11 Å². The molecule has 0 amide bonds. The molecule has 0 spiro atoms. The van der Waals surface area contributed by atoms with Gasteiger partial charge in [0.1, 0.15) is 11.5 Å². The van der Waals surface area contributed by atoms with Crippen molar-refractivity contribution in [3.63, 3.8) is 0 Å². The molecular formula is C20H34N4O3. The lowest BCUT2D eigenvalue weighted by Crippen LogP contribution is -2.40. The minimum atomic E-state index is 0.632. The number of benzene rings is 1. The molecule has 0 aliphatic carbocycles. The molecule has 0 unspecified atom stereocenters. The molecule has 7 heteroatoms. The molecule has 27 heavy (non-hydrogen) atoms. The van der Waals surface area contributed by atoms with E-state index in [1.165, 1.54) is 0 Å². The van der Waals surface area contributed by atoms with Crippen LogP contribution in [0.25, 0.3) is 0 Å². The van der Waals surface area contributed by atoms with Crippen LogP contribution < -0.4 is 20.1 Å².